The number of hydrogen-bond acceptors (Lipinski definition) is 2. The van der Waals surface area contributed by atoms with Crippen molar-refractivity contribution in [3.05, 3.63) is 59.7 Å². The van der Waals surface area contributed by atoms with Crippen LogP contribution in [0.2, 0.25) is 0 Å². The van der Waals surface area contributed by atoms with Crippen molar-refractivity contribution in [3.63, 3.8) is 0 Å². The van der Waals surface area contributed by atoms with Crippen LogP contribution >= 0.6 is 0 Å². The summed E-state index contributed by atoms with van der Waals surface area (Å²) in [6, 6.07) is 10.4. The van der Waals surface area contributed by atoms with E-state index >= 15 is 0 Å². The largest absolute Gasteiger partial charge is 0.326 e. The summed E-state index contributed by atoms with van der Waals surface area (Å²) in [5.41, 5.74) is 1.86. The molecule has 1 fully saturated rings. The van der Waals surface area contributed by atoms with Crippen molar-refractivity contribution >= 4 is 23.2 Å². The maximum absolute atomic E-state index is 13.4. The normalized spacial score (nSPS) is 17.0. The summed E-state index contributed by atoms with van der Waals surface area (Å²) in [6.07, 6.45) is 0.785. The fourth-order valence-corrected chi connectivity index (χ4v) is 3.01. The molecule has 1 N–H and O–H groups in total. The highest BCUT2D eigenvalue weighted by Crippen LogP contribution is 2.28. The monoisotopic (exact) mass is 344 g/mol. The van der Waals surface area contributed by atoms with Gasteiger partial charge in [0.15, 0.2) is 0 Å². The number of anilines is 2. The molecule has 0 radical (unpaired) electrons. The Kier molecular flexibility index (Phi) is 4.79. The third-order valence-corrected chi connectivity index (χ3v) is 4.31. The average molecular weight is 344 g/mol. The Morgan fingerprint density at radius 2 is 1.88 bits per heavy atom. The first kappa shape index (κ1) is 17.1. The van der Waals surface area contributed by atoms with Crippen LogP contribution in [0.4, 0.5) is 20.2 Å². The molecule has 25 heavy (non-hydrogen) atoms. The molecule has 1 saturated heterocycles. The number of carbonyl (C=O) groups is 2. The molecule has 6 heteroatoms. The van der Waals surface area contributed by atoms with Gasteiger partial charge in [0.1, 0.15) is 11.6 Å². The molecule has 0 spiro atoms. The van der Waals surface area contributed by atoms with Crippen molar-refractivity contribution in [2.24, 2.45) is 5.92 Å². The molecular weight excluding hydrogens is 326 g/mol. The second-order valence-corrected chi connectivity index (χ2v) is 6.03. The second kappa shape index (κ2) is 7.01. The molecule has 2 amide bonds. The first-order valence-electron chi connectivity index (χ1n) is 8.13. The van der Waals surface area contributed by atoms with E-state index < -0.39 is 17.6 Å². The summed E-state index contributed by atoms with van der Waals surface area (Å²) in [6.45, 7) is 2.09. The number of rotatable bonds is 4. The van der Waals surface area contributed by atoms with Gasteiger partial charge < -0.3 is 10.2 Å². The van der Waals surface area contributed by atoms with Crippen LogP contribution in [0.1, 0.15) is 18.9 Å². The van der Waals surface area contributed by atoms with E-state index in [0.29, 0.717) is 0 Å². The predicted molar refractivity (Wildman–Crippen MR) is 91.3 cm³/mol. The number of para-hydroxylation sites is 1. The van der Waals surface area contributed by atoms with Crippen LogP contribution in [-0.4, -0.2) is 18.4 Å². The Labute approximate surface area is 144 Å². The van der Waals surface area contributed by atoms with Gasteiger partial charge >= 0.3 is 0 Å². The molecule has 0 saturated carbocycles. The van der Waals surface area contributed by atoms with E-state index in [0.717, 1.165) is 35.9 Å². The van der Waals surface area contributed by atoms with Crippen molar-refractivity contribution in [2.45, 2.75) is 19.8 Å². The minimum absolute atomic E-state index is 0.0122. The van der Waals surface area contributed by atoms with Crippen molar-refractivity contribution in [2.75, 3.05) is 16.8 Å². The Morgan fingerprint density at radius 1 is 1.20 bits per heavy atom. The van der Waals surface area contributed by atoms with Gasteiger partial charge in [-0.05, 0) is 30.2 Å². The zero-order valence-corrected chi connectivity index (χ0v) is 13.8. The second-order valence-electron chi connectivity index (χ2n) is 6.03. The smallest absolute Gasteiger partial charge is 0.229 e. The van der Waals surface area contributed by atoms with Gasteiger partial charge in [-0.15, -0.1) is 0 Å². The highest BCUT2D eigenvalue weighted by atomic mass is 19.1. The number of amides is 2. The Balaban J connectivity index is 1.74. The van der Waals surface area contributed by atoms with Gasteiger partial charge in [0.25, 0.3) is 0 Å². The van der Waals surface area contributed by atoms with Gasteiger partial charge in [-0.25, -0.2) is 8.78 Å². The number of benzene rings is 2. The van der Waals surface area contributed by atoms with Crippen LogP contribution in [0.15, 0.2) is 42.5 Å². The van der Waals surface area contributed by atoms with E-state index in [4.69, 9.17) is 0 Å². The molecule has 0 aromatic heterocycles. The van der Waals surface area contributed by atoms with E-state index in [2.05, 4.69) is 5.32 Å². The van der Waals surface area contributed by atoms with Crippen LogP contribution in [-0.2, 0) is 16.0 Å². The lowest BCUT2D eigenvalue weighted by atomic mass is 10.1. The molecule has 4 nitrogen and oxygen atoms in total. The van der Waals surface area contributed by atoms with Gasteiger partial charge in [0.05, 0.1) is 5.92 Å². The van der Waals surface area contributed by atoms with E-state index in [1.165, 1.54) is 4.90 Å². The lowest BCUT2D eigenvalue weighted by Gasteiger charge is -2.17. The quantitative estimate of drug-likeness (QED) is 0.923. The third-order valence-electron chi connectivity index (χ3n) is 4.31. The number of nitrogens with one attached hydrogen (secondary N) is 1. The SMILES string of the molecule is CCc1ccccc1NC(=O)C1CC(=O)N(c2cc(F)cc(F)c2)C1. The van der Waals surface area contributed by atoms with Crippen LogP contribution in [0.3, 0.4) is 0 Å². The van der Waals surface area contributed by atoms with Gasteiger partial charge in [-0.3, -0.25) is 9.59 Å². The summed E-state index contributed by atoms with van der Waals surface area (Å²) in [5, 5.41) is 2.85. The molecule has 1 unspecified atom stereocenters. The molecule has 1 atom stereocenters. The maximum atomic E-state index is 13.4. The summed E-state index contributed by atoms with van der Waals surface area (Å²) in [7, 11) is 0. The number of halogens is 2. The molecule has 2 aromatic rings. The molecule has 3 rings (SSSR count). The van der Waals surface area contributed by atoms with Crippen molar-refractivity contribution in [3.8, 4) is 0 Å². The fraction of sp³-hybridized carbons (Fsp3) is 0.263. The Hall–Kier alpha value is -2.76. The van der Waals surface area contributed by atoms with Crippen molar-refractivity contribution < 1.29 is 18.4 Å². The van der Waals surface area contributed by atoms with Gasteiger partial charge in [0.2, 0.25) is 11.8 Å². The molecule has 1 aliphatic rings. The summed E-state index contributed by atoms with van der Waals surface area (Å²) in [4.78, 5) is 25.9. The highest BCUT2D eigenvalue weighted by Gasteiger charge is 2.35. The Bertz CT molecular complexity index is 803. The van der Waals surface area contributed by atoms with Crippen molar-refractivity contribution in [1.29, 1.82) is 0 Å². The summed E-state index contributed by atoms with van der Waals surface area (Å²) < 4.78 is 26.8. The summed E-state index contributed by atoms with van der Waals surface area (Å²) >= 11 is 0. The number of hydrogen-bond donors (Lipinski definition) is 1. The van der Waals surface area contributed by atoms with E-state index in [9.17, 15) is 18.4 Å². The van der Waals surface area contributed by atoms with Crippen LogP contribution in [0.25, 0.3) is 0 Å². The van der Waals surface area contributed by atoms with Crippen LogP contribution < -0.4 is 10.2 Å². The highest BCUT2D eigenvalue weighted by molar-refractivity contribution is 6.03. The fourth-order valence-electron chi connectivity index (χ4n) is 3.01. The lowest BCUT2D eigenvalue weighted by molar-refractivity contribution is -0.122. The minimum Gasteiger partial charge on any atom is -0.326 e. The zero-order chi connectivity index (χ0) is 18.0. The average Bonchev–Trinajstić information content (AvgIpc) is 2.96. The van der Waals surface area contributed by atoms with E-state index in [1.54, 1.807) is 0 Å². The van der Waals surface area contributed by atoms with E-state index in [-0.39, 0.29) is 30.5 Å². The molecule has 0 bridgehead atoms. The van der Waals surface area contributed by atoms with Gasteiger partial charge in [0, 0.05) is 30.4 Å². The summed E-state index contributed by atoms with van der Waals surface area (Å²) in [5.74, 6) is -2.67. The first-order valence-corrected chi connectivity index (χ1v) is 8.13. The zero-order valence-electron chi connectivity index (χ0n) is 13.8. The van der Waals surface area contributed by atoms with Crippen LogP contribution in [0.5, 0.6) is 0 Å². The van der Waals surface area contributed by atoms with Crippen LogP contribution in [0, 0.1) is 17.6 Å². The number of carbonyl (C=O) groups excluding carboxylic acids is 2. The lowest BCUT2D eigenvalue weighted by Crippen LogP contribution is -2.28. The molecular formula is C19H18F2N2O2. The molecule has 1 aliphatic heterocycles. The standard InChI is InChI=1S/C19H18F2N2O2/c1-2-12-5-3-4-6-17(12)22-19(25)13-7-18(24)23(11-13)16-9-14(20)8-15(21)10-16/h3-6,8-10,13H,2,7,11H2,1H3,(H,22,25). The predicted octanol–water partition coefficient (Wildman–Crippen LogP) is 3.52. The van der Waals surface area contributed by atoms with Gasteiger partial charge in [-0.1, -0.05) is 25.1 Å². The molecule has 0 aliphatic carbocycles. The van der Waals surface area contributed by atoms with Gasteiger partial charge in [-0.2, -0.15) is 0 Å². The third kappa shape index (κ3) is 3.68. The topological polar surface area (TPSA) is 49.4 Å². The Morgan fingerprint density at radius 3 is 2.56 bits per heavy atom. The number of aryl methyl sites for hydroxylation is 1. The number of nitrogens with zero attached hydrogens (tertiary/aromatic N) is 1. The maximum Gasteiger partial charge on any atom is 0.229 e. The molecule has 2 aromatic carbocycles. The van der Waals surface area contributed by atoms with E-state index in [1.807, 2.05) is 31.2 Å². The molecule has 1 heterocycles. The minimum atomic E-state index is -0.757. The van der Waals surface area contributed by atoms with Crippen molar-refractivity contribution in [1.82, 2.24) is 0 Å². The molecule has 130 valence electrons. The first-order chi connectivity index (χ1) is 12.0.